The summed E-state index contributed by atoms with van der Waals surface area (Å²) in [5.74, 6) is -0.246. The van der Waals surface area contributed by atoms with E-state index in [-0.39, 0.29) is 16.9 Å². The van der Waals surface area contributed by atoms with E-state index < -0.39 is 0 Å². The minimum atomic E-state index is -0.278. The molecule has 0 aliphatic carbocycles. The smallest absolute Gasteiger partial charge is 0.320 e. The van der Waals surface area contributed by atoms with Gasteiger partial charge < -0.3 is 14.8 Å². The van der Waals surface area contributed by atoms with Gasteiger partial charge in [0, 0.05) is 19.2 Å². The van der Waals surface area contributed by atoms with Gasteiger partial charge >= 0.3 is 5.97 Å². The Balaban J connectivity index is 2.22. The molecule has 82 valence electrons. The number of methoxy groups -OCH3 is 1. The van der Waals surface area contributed by atoms with Crippen LogP contribution in [0, 0.1) is 0 Å². The number of carbonyl (C=O) groups is 1. The third kappa shape index (κ3) is 3.22. The van der Waals surface area contributed by atoms with Crippen LogP contribution in [0.15, 0.2) is 0 Å². The lowest BCUT2D eigenvalue weighted by Crippen LogP contribution is -2.40. The Kier molecular flexibility index (Phi) is 4.84. The number of ether oxygens (including phenoxy) is 2. The molecule has 1 aliphatic heterocycles. The van der Waals surface area contributed by atoms with Gasteiger partial charge in [0.2, 0.25) is 0 Å². The van der Waals surface area contributed by atoms with E-state index in [2.05, 4.69) is 26.0 Å². The number of hydrogen-bond acceptors (Lipinski definition) is 4. The van der Waals surface area contributed by atoms with Gasteiger partial charge in [-0.05, 0) is 13.3 Å². The topological polar surface area (TPSA) is 47.6 Å². The number of nitrogens with one attached hydrogen (secondary N) is 1. The first kappa shape index (κ1) is 11.9. The van der Waals surface area contributed by atoms with Gasteiger partial charge in [0.05, 0.1) is 13.2 Å². The van der Waals surface area contributed by atoms with Crippen LogP contribution < -0.4 is 5.32 Å². The highest BCUT2D eigenvalue weighted by atomic mass is 79.9. The largest absolute Gasteiger partial charge is 0.468 e. The Morgan fingerprint density at radius 2 is 2.50 bits per heavy atom. The van der Waals surface area contributed by atoms with Crippen LogP contribution in [0.1, 0.15) is 13.3 Å². The Labute approximate surface area is 92.5 Å². The second-order valence-corrected chi connectivity index (χ2v) is 4.48. The van der Waals surface area contributed by atoms with Gasteiger partial charge in [-0.25, -0.2) is 0 Å². The zero-order valence-corrected chi connectivity index (χ0v) is 10.0. The fourth-order valence-electron chi connectivity index (χ4n) is 1.47. The lowest BCUT2D eigenvalue weighted by Gasteiger charge is -2.17. The average Bonchev–Trinajstić information content (AvgIpc) is 2.59. The predicted molar refractivity (Wildman–Crippen MR) is 56.6 cm³/mol. The number of hydrogen-bond donors (Lipinski definition) is 1. The lowest BCUT2D eigenvalue weighted by atomic mass is 10.1. The van der Waals surface area contributed by atoms with Crippen LogP contribution >= 0.6 is 15.9 Å². The summed E-state index contributed by atoms with van der Waals surface area (Å²) in [4.78, 5) is 10.8. The van der Waals surface area contributed by atoms with Gasteiger partial charge in [-0.2, -0.15) is 0 Å². The van der Waals surface area contributed by atoms with Crippen molar-refractivity contribution in [2.75, 3.05) is 20.3 Å². The Bertz CT molecular complexity index is 200. The van der Waals surface area contributed by atoms with Crippen LogP contribution in [-0.4, -0.2) is 43.2 Å². The molecule has 0 aromatic heterocycles. The maximum Gasteiger partial charge on any atom is 0.320 e. The van der Waals surface area contributed by atoms with Crippen LogP contribution in [-0.2, 0) is 14.3 Å². The molecule has 1 fully saturated rings. The number of alkyl halides is 1. The first-order chi connectivity index (χ1) is 6.65. The van der Waals surface area contributed by atoms with Crippen molar-refractivity contribution in [3.8, 4) is 0 Å². The monoisotopic (exact) mass is 265 g/mol. The second kappa shape index (κ2) is 5.68. The van der Waals surface area contributed by atoms with E-state index in [9.17, 15) is 4.79 Å². The van der Waals surface area contributed by atoms with Crippen LogP contribution in [0.2, 0.25) is 0 Å². The molecule has 1 saturated heterocycles. The zero-order valence-electron chi connectivity index (χ0n) is 8.46. The predicted octanol–water partition coefficient (Wildman–Crippen LogP) is 0.690. The highest BCUT2D eigenvalue weighted by molar-refractivity contribution is 9.10. The fraction of sp³-hybridized carbons (Fsp3) is 0.889. The second-order valence-electron chi connectivity index (χ2n) is 3.37. The van der Waals surface area contributed by atoms with Crippen molar-refractivity contribution in [3.63, 3.8) is 0 Å². The van der Waals surface area contributed by atoms with Gasteiger partial charge in [0.15, 0.2) is 0 Å². The van der Waals surface area contributed by atoms with Gasteiger partial charge in [-0.15, -0.1) is 0 Å². The molecular weight excluding hydrogens is 250 g/mol. The summed E-state index contributed by atoms with van der Waals surface area (Å²) in [5.41, 5.74) is 0. The first-order valence-electron chi connectivity index (χ1n) is 4.72. The SMILES string of the molecule is COC(=O)C(Br)CNC1CCOC1C. The van der Waals surface area contributed by atoms with Crippen molar-refractivity contribution in [2.45, 2.75) is 30.3 Å². The number of carbonyl (C=O) groups excluding carboxylic acids is 1. The maximum absolute atomic E-state index is 11.1. The Morgan fingerprint density at radius 1 is 1.79 bits per heavy atom. The van der Waals surface area contributed by atoms with E-state index in [0.29, 0.717) is 12.6 Å². The van der Waals surface area contributed by atoms with Crippen molar-refractivity contribution >= 4 is 21.9 Å². The summed E-state index contributed by atoms with van der Waals surface area (Å²) in [7, 11) is 1.39. The average molecular weight is 266 g/mol. The van der Waals surface area contributed by atoms with Gasteiger partial charge in [0.25, 0.3) is 0 Å². The van der Waals surface area contributed by atoms with Gasteiger partial charge in [-0.3, -0.25) is 4.79 Å². The van der Waals surface area contributed by atoms with Crippen LogP contribution in [0.3, 0.4) is 0 Å². The number of esters is 1. The minimum absolute atomic E-state index is 0.229. The van der Waals surface area contributed by atoms with Crippen molar-refractivity contribution in [2.24, 2.45) is 0 Å². The summed E-state index contributed by atoms with van der Waals surface area (Å²) in [5, 5.41) is 3.27. The first-order valence-corrected chi connectivity index (χ1v) is 5.63. The fourth-order valence-corrected chi connectivity index (χ4v) is 1.84. The molecule has 1 rings (SSSR count). The van der Waals surface area contributed by atoms with Gasteiger partial charge in [-0.1, -0.05) is 15.9 Å². The molecule has 5 heteroatoms. The molecule has 0 aromatic rings. The number of halogens is 1. The summed E-state index contributed by atoms with van der Waals surface area (Å²) in [6.45, 7) is 3.40. The van der Waals surface area contributed by atoms with Crippen LogP contribution in [0.4, 0.5) is 0 Å². The normalized spacial score (nSPS) is 28.8. The maximum atomic E-state index is 11.1. The Hall–Kier alpha value is -0.130. The standard InChI is InChI=1S/C9H16BrNO3/c1-6-8(3-4-14-6)11-5-7(10)9(12)13-2/h6-8,11H,3-5H2,1-2H3. The molecular formula is C9H16BrNO3. The Morgan fingerprint density at radius 3 is 3.00 bits per heavy atom. The van der Waals surface area contributed by atoms with Crippen molar-refractivity contribution < 1.29 is 14.3 Å². The molecule has 0 aromatic carbocycles. The molecule has 0 spiro atoms. The van der Waals surface area contributed by atoms with E-state index in [4.69, 9.17) is 4.74 Å². The molecule has 4 nitrogen and oxygen atoms in total. The van der Waals surface area contributed by atoms with Gasteiger partial charge in [0.1, 0.15) is 4.83 Å². The van der Waals surface area contributed by atoms with Crippen molar-refractivity contribution in [1.82, 2.24) is 5.32 Å². The van der Waals surface area contributed by atoms with Crippen LogP contribution in [0.25, 0.3) is 0 Å². The molecule has 14 heavy (non-hydrogen) atoms. The summed E-state index contributed by atoms with van der Waals surface area (Å²) in [6, 6.07) is 0.347. The van der Waals surface area contributed by atoms with Crippen molar-refractivity contribution in [3.05, 3.63) is 0 Å². The molecule has 0 radical (unpaired) electrons. The minimum Gasteiger partial charge on any atom is -0.468 e. The quantitative estimate of drug-likeness (QED) is 0.600. The highest BCUT2D eigenvalue weighted by Gasteiger charge is 2.25. The third-order valence-electron chi connectivity index (χ3n) is 2.39. The molecule has 3 atom stereocenters. The van der Waals surface area contributed by atoms with E-state index in [1.807, 2.05) is 6.92 Å². The lowest BCUT2D eigenvalue weighted by molar-refractivity contribution is -0.139. The molecule has 1 aliphatic rings. The molecule has 0 saturated carbocycles. The zero-order chi connectivity index (χ0) is 10.6. The molecule has 0 amide bonds. The van der Waals surface area contributed by atoms with E-state index in [1.54, 1.807) is 0 Å². The molecule has 1 heterocycles. The number of rotatable bonds is 4. The summed E-state index contributed by atoms with van der Waals surface area (Å²) in [6.07, 6.45) is 1.23. The van der Waals surface area contributed by atoms with Crippen LogP contribution in [0.5, 0.6) is 0 Å². The third-order valence-corrected chi connectivity index (χ3v) is 3.09. The van der Waals surface area contributed by atoms with E-state index in [1.165, 1.54) is 7.11 Å². The summed E-state index contributed by atoms with van der Waals surface area (Å²) < 4.78 is 9.99. The molecule has 1 N–H and O–H groups in total. The van der Waals surface area contributed by atoms with Crippen molar-refractivity contribution in [1.29, 1.82) is 0 Å². The highest BCUT2D eigenvalue weighted by Crippen LogP contribution is 2.13. The summed E-state index contributed by atoms with van der Waals surface area (Å²) >= 11 is 3.25. The molecule has 0 bridgehead atoms. The molecule has 3 unspecified atom stereocenters. The van der Waals surface area contributed by atoms with E-state index >= 15 is 0 Å². The van der Waals surface area contributed by atoms with E-state index in [0.717, 1.165) is 13.0 Å².